The van der Waals surface area contributed by atoms with Crippen LogP contribution in [0.5, 0.6) is 0 Å². The van der Waals surface area contributed by atoms with Gasteiger partial charge in [-0.25, -0.2) is 0 Å². The van der Waals surface area contributed by atoms with Gasteiger partial charge in [0.2, 0.25) is 0 Å². The molecule has 84 valence electrons. The maximum Gasteiger partial charge on any atom is 0.116 e. The highest BCUT2D eigenvalue weighted by atomic mass is 15.5. The van der Waals surface area contributed by atoms with E-state index in [4.69, 9.17) is 0 Å². The van der Waals surface area contributed by atoms with Crippen LogP contribution in [0.2, 0.25) is 0 Å². The maximum absolute atomic E-state index is 4.53. The molecule has 0 fully saturated rings. The fourth-order valence-electron chi connectivity index (χ4n) is 1.94. The van der Waals surface area contributed by atoms with Gasteiger partial charge in [0.05, 0.1) is 5.69 Å². The van der Waals surface area contributed by atoms with E-state index in [0.717, 1.165) is 22.3 Å². The molecule has 3 rings (SSSR count). The first-order chi connectivity index (χ1) is 8.24. The van der Waals surface area contributed by atoms with Crippen molar-refractivity contribution in [3.63, 3.8) is 0 Å². The lowest BCUT2D eigenvalue weighted by atomic mass is 10.2. The molecular formula is C14H13N3. The standard InChI is InChI=1S/C14H13N3/c1-10-5-3-7-12(9-10)17-15-13-8-4-6-11(2)14(13)16-17/h3-9H,1-2H3. The van der Waals surface area contributed by atoms with E-state index in [2.05, 4.69) is 42.2 Å². The number of fused-ring (bicyclic) bond motifs is 1. The number of aromatic nitrogens is 3. The molecule has 17 heavy (non-hydrogen) atoms. The molecule has 0 N–H and O–H groups in total. The summed E-state index contributed by atoms with van der Waals surface area (Å²) in [5.74, 6) is 0. The number of aryl methyl sites for hydroxylation is 2. The van der Waals surface area contributed by atoms with Gasteiger partial charge in [0.15, 0.2) is 0 Å². The first-order valence-corrected chi connectivity index (χ1v) is 5.64. The third-order valence-corrected chi connectivity index (χ3v) is 2.85. The van der Waals surface area contributed by atoms with Crippen LogP contribution < -0.4 is 0 Å². The van der Waals surface area contributed by atoms with Crippen LogP contribution in [-0.2, 0) is 0 Å². The number of nitrogens with zero attached hydrogens (tertiary/aromatic N) is 3. The Balaban J connectivity index is 2.22. The monoisotopic (exact) mass is 223 g/mol. The van der Waals surface area contributed by atoms with Crippen molar-refractivity contribution < 1.29 is 0 Å². The lowest BCUT2D eigenvalue weighted by Crippen LogP contribution is -1.98. The quantitative estimate of drug-likeness (QED) is 0.634. The zero-order valence-corrected chi connectivity index (χ0v) is 9.88. The molecule has 0 spiro atoms. The molecule has 2 aromatic carbocycles. The van der Waals surface area contributed by atoms with Gasteiger partial charge in [0, 0.05) is 0 Å². The first-order valence-electron chi connectivity index (χ1n) is 5.64. The van der Waals surface area contributed by atoms with Crippen molar-refractivity contribution >= 4 is 11.0 Å². The zero-order valence-electron chi connectivity index (χ0n) is 9.88. The molecule has 3 heteroatoms. The Bertz CT molecular complexity index is 683. The number of rotatable bonds is 1. The average molecular weight is 223 g/mol. The van der Waals surface area contributed by atoms with Crippen molar-refractivity contribution in [3.8, 4) is 5.69 Å². The molecule has 0 amide bonds. The highest BCUT2D eigenvalue weighted by Gasteiger charge is 2.05. The van der Waals surface area contributed by atoms with Crippen LogP contribution >= 0.6 is 0 Å². The summed E-state index contributed by atoms with van der Waals surface area (Å²) in [6.07, 6.45) is 0. The van der Waals surface area contributed by atoms with Crippen LogP contribution in [0.4, 0.5) is 0 Å². The van der Waals surface area contributed by atoms with Crippen molar-refractivity contribution in [2.75, 3.05) is 0 Å². The van der Waals surface area contributed by atoms with Gasteiger partial charge in [0.25, 0.3) is 0 Å². The molecule has 0 radical (unpaired) electrons. The second kappa shape index (κ2) is 3.70. The normalized spacial score (nSPS) is 10.9. The zero-order chi connectivity index (χ0) is 11.8. The van der Waals surface area contributed by atoms with Crippen LogP contribution in [0.3, 0.4) is 0 Å². The van der Waals surface area contributed by atoms with E-state index in [1.807, 2.05) is 24.3 Å². The molecule has 0 saturated heterocycles. The summed E-state index contributed by atoms with van der Waals surface area (Å²) in [4.78, 5) is 1.70. The van der Waals surface area contributed by atoms with E-state index in [1.54, 1.807) is 4.80 Å². The second-order valence-electron chi connectivity index (χ2n) is 4.27. The SMILES string of the molecule is Cc1cccc(-n2nc3cccc(C)c3n2)c1. The second-order valence-corrected chi connectivity index (χ2v) is 4.27. The molecule has 3 nitrogen and oxygen atoms in total. The van der Waals surface area contributed by atoms with E-state index < -0.39 is 0 Å². The summed E-state index contributed by atoms with van der Waals surface area (Å²) >= 11 is 0. The largest absolute Gasteiger partial charge is 0.150 e. The van der Waals surface area contributed by atoms with E-state index in [0.29, 0.717) is 0 Å². The first kappa shape index (κ1) is 10.0. The summed E-state index contributed by atoms with van der Waals surface area (Å²) in [7, 11) is 0. The van der Waals surface area contributed by atoms with E-state index in [-0.39, 0.29) is 0 Å². The number of hydrogen-bond donors (Lipinski definition) is 0. The van der Waals surface area contributed by atoms with Crippen LogP contribution in [0.25, 0.3) is 16.7 Å². The summed E-state index contributed by atoms with van der Waals surface area (Å²) in [6.45, 7) is 4.12. The molecule has 0 aliphatic rings. The van der Waals surface area contributed by atoms with Gasteiger partial charge in [-0.3, -0.25) is 0 Å². The number of hydrogen-bond acceptors (Lipinski definition) is 2. The van der Waals surface area contributed by atoms with E-state index in [9.17, 15) is 0 Å². The average Bonchev–Trinajstić information content (AvgIpc) is 2.74. The molecule has 0 aliphatic carbocycles. The fourth-order valence-corrected chi connectivity index (χ4v) is 1.94. The Morgan fingerprint density at radius 1 is 0.941 bits per heavy atom. The van der Waals surface area contributed by atoms with Gasteiger partial charge < -0.3 is 0 Å². The molecule has 0 atom stereocenters. The Morgan fingerprint density at radius 3 is 2.53 bits per heavy atom. The van der Waals surface area contributed by atoms with Crippen molar-refractivity contribution in [3.05, 3.63) is 53.6 Å². The fraction of sp³-hybridized carbons (Fsp3) is 0.143. The molecule has 1 aromatic heterocycles. The summed E-state index contributed by atoms with van der Waals surface area (Å²) in [6, 6.07) is 14.2. The van der Waals surface area contributed by atoms with E-state index >= 15 is 0 Å². The topological polar surface area (TPSA) is 30.7 Å². The Morgan fingerprint density at radius 2 is 1.76 bits per heavy atom. The summed E-state index contributed by atoms with van der Waals surface area (Å²) in [5.41, 5.74) is 5.27. The van der Waals surface area contributed by atoms with Crippen LogP contribution in [0, 0.1) is 13.8 Å². The number of benzene rings is 2. The van der Waals surface area contributed by atoms with Gasteiger partial charge in [-0.1, -0.05) is 24.3 Å². The maximum atomic E-state index is 4.53. The lowest BCUT2D eigenvalue weighted by molar-refractivity contribution is 0.764. The van der Waals surface area contributed by atoms with Gasteiger partial charge in [-0.05, 0) is 43.2 Å². The predicted octanol–water partition coefficient (Wildman–Crippen LogP) is 3.04. The molecule has 1 heterocycles. The summed E-state index contributed by atoms with van der Waals surface area (Å²) < 4.78 is 0. The van der Waals surface area contributed by atoms with E-state index in [1.165, 1.54) is 5.56 Å². The van der Waals surface area contributed by atoms with Crippen LogP contribution in [0.1, 0.15) is 11.1 Å². The van der Waals surface area contributed by atoms with Gasteiger partial charge >= 0.3 is 0 Å². The van der Waals surface area contributed by atoms with Crippen molar-refractivity contribution in [1.29, 1.82) is 0 Å². The van der Waals surface area contributed by atoms with Crippen molar-refractivity contribution in [1.82, 2.24) is 15.0 Å². The molecule has 0 unspecified atom stereocenters. The van der Waals surface area contributed by atoms with Crippen LogP contribution in [-0.4, -0.2) is 15.0 Å². The Hall–Kier alpha value is -2.16. The van der Waals surface area contributed by atoms with Crippen molar-refractivity contribution in [2.24, 2.45) is 0 Å². The third kappa shape index (κ3) is 1.69. The molecule has 0 bridgehead atoms. The minimum absolute atomic E-state index is 0.937. The molecule has 3 aromatic rings. The molecule has 0 aliphatic heterocycles. The minimum atomic E-state index is 0.937. The molecule has 0 saturated carbocycles. The highest BCUT2D eigenvalue weighted by molar-refractivity contribution is 5.77. The van der Waals surface area contributed by atoms with Gasteiger partial charge in [-0.15, -0.1) is 10.2 Å². The Labute approximate surface area is 99.7 Å². The lowest BCUT2D eigenvalue weighted by Gasteiger charge is -1.99. The van der Waals surface area contributed by atoms with Gasteiger partial charge in [0.1, 0.15) is 11.0 Å². The smallest absolute Gasteiger partial charge is 0.116 e. The van der Waals surface area contributed by atoms with Crippen LogP contribution in [0.15, 0.2) is 42.5 Å². The highest BCUT2D eigenvalue weighted by Crippen LogP contribution is 2.16. The minimum Gasteiger partial charge on any atom is -0.150 e. The summed E-state index contributed by atoms with van der Waals surface area (Å²) in [5, 5.41) is 9.02. The third-order valence-electron chi connectivity index (χ3n) is 2.85. The Kier molecular flexibility index (Phi) is 2.18. The predicted molar refractivity (Wildman–Crippen MR) is 68.3 cm³/mol. The molecular weight excluding hydrogens is 210 g/mol. The van der Waals surface area contributed by atoms with Gasteiger partial charge in [-0.2, -0.15) is 4.80 Å². The van der Waals surface area contributed by atoms with Crippen molar-refractivity contribution in [2.45, 2.75) is 13.8 Å².